The normalized spacial score (nSPS) is 11.5. The highest BCUT2D eigenvalue weighted by Gasteiger charge is 2.33. The van der Waals surface area contributed by atoms with Crippen LogP contribution in [0.15, 0.2) is 96.4 Å². The van der Waals surface area contributed by atoms with Gasteiger partial charge in [0.05, 0.1) is 13.5 Å². The molecule has 0 spiro atoms. The standard InChI is InChI=1S/C28H25FN2O3S/c1-34-24-10-5-9-23(17-24)31(26(32)18-25-11-6-16-35-25)27(21-12-14-22(29)15-13-21)28(33)30-19-20-7-3-2-4-8-20/h2-17,27H,18-19H2,1H3,(H,30,33)/t27-/m0/s1. The molecule has 0 radical (unpaired) electrons. The number of methoxy groups -OCH3 is 1. The molecule has 1 heterocycles. The molecule has 1 atom stereocenters. The molecule has 3 aromatic carbocycles. The minimum Gasteiger partial charge on any atom is -0.497 e. The quantitative estimate of drug-likeness (QED) is 0.337. The molecule has 1 aromatic heterocycles. The molecule has 0 fully saturated rings. The first-order valence-electron chi connectivity index (χ1n) is 11.1. The molecule has 0 bridgehead atoms. The topological polar surface area (TPSA) is 58.6 Å². The van der Waals surface area contributed by atoms with Crippen molar-refractivity contribution in [2.45, 2.75) is 19.0 Å². The molecule has 0 aliphatic heterocycles. The van der Waals surface area contributed by atoms with E-state index in [9.17, 15) is 14.0 Å². The van der Waals surface area contributed by atoms with Crippen LogP contribution in [0.25, 0.3) is 0 Å². The van der Waals surface area contributed by atoms with Crippen molar-refractivity contribution in [3.63, 3.8) is 0 Å². The van der Waals surface area contributed by atoms with E-state index < -0.39 is 11.9 Å². The number of anilines is 1. The molecule has 1 N–H and O–H groups in total. The van der Waals surface area contributed by atoms with Crippen molar-refractivity contribution in [1.29, 1.82) is 0 Å². The lowest BCUT2D eigenvalue weighted by Gasteiger charge is -2.32. The third kappa shape index (κ3) is 6.13. The number of carbonyl (C=O) groups is 2. The third-order valence-electron chi connectivity index (χ3n) is 5.51. The second-order valence-corrected chi connectivity index (χ2v) is 8.91. The summed E-state index contributed by atoms with van der Waals surface area (Å²) in [6.07, 6.45) is 0.124. The molecule has 4 rings (SSSR count). The lowest BCUT2D eigenvalue weighted by atomic mass is 10.0. The number of rotatable bonds is 9. The number of carbonyl (C=O) groups excluding carboxylic acids is 2. The summed E-state index contributed by atoms with van der Waals surface area (Å²) >= 11 is 1.47. The summed E-state index contributed by atoms with van der Waals surface area (Å²) in [5.41, 5.74) is 1.94. The van der Waals surface area contributed by atoms with E-state index >= 15 is 0 Å². The van der Waals surface area contributed by atoms with Gasteiger partial charge in [-0.3, -0.25) is 14.5 Å². The fourth-order valence-corrected chi connectivity index (χ4v) is 4.49. The molecule has 7 heteroatoms. The van der Waals surface area contributed by atoms with Crippen LogP contribution in [0.2, 0.25) is 0 Å². The van der Waals surface area contributed by atoms with Crippen LogP contribution in [0.4, 0.5) is 10.1 Å². The minimum atomic E-state index is -1.01. The second kappa shape index (κ2) is 11.4. The minimum absolute atomic E-state index is 0.124. The SMILES string of the molecule is COc1cccc(N(C(=O)Cc2cccs2)[C@H](C(=O)NCc2ccccc2)c2ccc(F)cc2)c1. The van der Waals surface area contributed by atoms with Gasteiger partial charge in [0.2, 0.25) is 11.8 Å². The predicted octanol–water partition coefficient (Wildman–Crippen LogP) is 5.53. The number of hydrogen-bond donors (Lipinski definition) is 1. The van der Waals surface area contributed by atoms with Gasteiger partial charge < -0.3 is 10.1 Å². The van der Waals surface area contributed by atoms with Crippen LogP contribution in [-0.2, 0) is 22.6 Å². The van der Waals surface area contributed by atoms with E-state index in [0.717, 1.165) is 10.4 Å². The Labute approximate surface area is 207 Å². The first kappa shape index (κ1) is 24.2. The average molecular weight is 489 g/mol. The van der Waals surface area contributed by atoms with Gasteiger partial charge in [-0.15, -0.1) is 11.3 Å². The van der Waals surface area contributed by atoms with Gasteiger partial charge in [0.25, 0.3) is 0 Å². The maximum absolute atomic E-state index is 13.8. The molecule has 0 aliphatic rings. The fourth-order valence-electron chi connectivity index (χ4n) is 3.79. The van der Waals surface area contributed by atoms with Crippen LogP contribution in [0, 0.1) is 5.82 Å². The number of halogens is 1. The monoisotopic (exact) mass is 488 g/mol. The van der Waals surface area contributed by atoms with Gasteiger partial charge in [-0.05, 0) is 46.8 Å². The van der Waals surface area contributed by atoms with E-state index in [-0.39, 0.29) is 18.2 Å². The van der Waals surface area contributed by atoms with Gasteiger partial charge in [-0.1, -0.05) is 54.6 Å². The second-order valence-electron chi connectivity index (χ2n) is 7.88. The van der Waals surface area contributed by atoms with Crippen LogP contribution in [0.3, 0.4) is 0 Å². The lowest BCUT2D eigenvalue weighted by molar-refractivity contribution is -0.126. The van der Waals surface area contributed by atoms with Gasteiger partial charge in [0, 0.05) is 23.2 Å². The molecule has 0 aliphatic carbocycles. The number of nitrogens with zero attached hydrogens (tertiary/aromatic N) is 1. The summed E-state index contributed by atoms with van der Waals surface area (Å²) in [4.78, 5) is 29.7. The van der Waals surface area contributed by atoms with E-state index in [4.69, 9.17) is 4.74 Å². The Hall–Kier alpha value is -3.97. The van der Waals surface area contributed by atoms with E-state index in [2.05, 4.69) is 5.32 Å². The Kier molecular flexibility index (Phi) is 7.90. The third-order valence-corrected chi connectivity index (χ3v) is 6.38. The van der Waals surface area contributed by atoms with E-state index in [0.29, 0.717) is 23.5 Å². The summed E-state index contributed by atoms with van der Waals surface area (Å²) < 4.78 is 19.1. The Bertz CT molecular complexity index is 1260. The highest BCUT2D eigenvalue weighted by molar-refractivity contribution is 7.10. The maximum atomic E-state index is 13.8. The molecule has 5 nitrogen and oxygen atoms in total. The maximum Gasteiger partial charge on any atom is 0.248 e. The highest BCUT2D eigenvalue weighted by atomic mass is 32.1. The van der Waals surface area contributed by atoms with Crippen molar-refractivity contribution >= 4 is 28.8 Å². The van der Waals surface area contributed by atoms with E-state index in [1.54, 1.807) is 31.4 Å². The summed E-state index contributed by atoms with van der Waals surface area (Å²) in [6, 6.07) is 24.9. The molecule has 0 unspecified atom stereocenters. The molecule has 0 saturated carbocycles. The molecular formula is C28H25FN2O3S. The first-order valence-corrected chi connectivity index (χ1v) is 12.0. The van der Waals surface area contributed by atoms with Gasteiger partial charge in [-0.25, -0.2) is 4.39 Å². The zero-order valence-corrected chi connectivity index (χ0v) is 20.0. The Morgan fingerprint density at radius 2 is 1.74 bits per heavy atom. The summed E-state index contributed by atoms with van der Waals surface area (Å²) in [7, 11) is 1.54. The fraction of sp³-hybridized carbons (Fsp3) is 0.143. The predicted molar refractivity (Wildman–Crippen MR) is 136 cm³/mol. The van der Waals surface area contributed by atoms with Crippen molar-refractivity contribution in [2.75, 3.05) is 12.0 Å². The number of ether oxygens (including phenoxy) is 1. The van der Waals surface area contributed by atoms with Crippen LogP contribution in [-0.4, -0.2) is 18.9 Å². The van der Waals surface area contributed by atoms with Crippen LogP contribution < -0.4 is 15.0 Å². The Morgan fingerprint density at radius 3 is 2.43 bits per heavy atom. The van der Waals surface area contributed by atoms with Gasteiger partial charge in [-0.2, -0.15) is 0 Å². The highest BCUT2D eigenvalue weighted by Crippen LogP contribution is 2.31. The number of benzene rings is 3. The molecule has 0 saturated heterocycles. The van der Waals surface area contributed by atoms with Crippen molar-refractivity contribution in [3.8, 4) is 5.75 Å². The molecule has 178 valence electrons. The Balaban J connectivity index is 1.75. The number of amides is 2. The number of nitrogens with one attached hydrogen (secondary N) is 1. The first-order chi connectivity index (χ1) is 17.0. The zero-order chi connectivity index (χ0) is 24.6. The van der Waals surface area contributed by atoms with Crippen molar-refractivity contribution in [2.24, 2.45) is 0 Å². The summed E-state index contributed by atoms with van der Waals surface area (Å²) in [5.74, 6) is -0.498. The van der Waals surface area contributed by atoms with Crippen molar-refractivity contribution in [1.82, 2.24) is 5.32 Å². The molecular weight excluding hydrogens is 463 g/mol. The summed E-state index contributed by atoms with van der Waals surface area (Å²) in [6.45, 7) is 0.294. The van der Waals surface area contributed by atoms with Crippen molar-refractivity contribution < 1.29 is 18.7 Å². The van der Waals surface area contributed by atoms with E-state index in [1.165, 1.54) is 40.5 Å². The van der Waals surface area contributed by atoms with Crippen LogP contribution >= 0.6 is 11.3 Å². The molecule has 4 aromatic rings. The lowest BCUT2D eigenvalue weighted by Crippen LogP contribution is -2.44. The average Bonchev–Trinajstić information content (AvgIpc) is 3.40. The number of hydrogen-bond acceptors (Lipinski definition) is 4. The smallest absolute Gasteiger partial charge is 0.248 e. The van der Waals surface area contributed by atoms with Crippen molar-refractivity contribution in [3.05, 3.63) is 118 Å². The number of thiophene rings is 1. The summed E-state index contributed by atoms with van der Waals surface area (Å²) in [5, 5.41) is 4.85. The van der Waals surface area contributed by atoms with Crippen LogP contribution in [0.5, 0.6) is 5.75 Å². The largest absolute Gasteiger partial charge is 0.497 e. The van der Waals surface area contributed by atoms with Gasteiger partial charge in [0.15, 0.2) is 0 Å². The molecule has 2 amide bonds. The molecule has 35 heavy (non-hydrogen) atoms. The van der Waals surface area contributed by atoms with Crippen LogP contribution in [0.1, 0.15) is 22.0 Å². The van der Waals surface area contributed by atoms with E-state index in [1.807, 2.05) is 47.8 Å². The Morgan fingerprint density at radius 1 is 0.971 bits per heavy atom. The van der Waals surface area contributed by atoms with Gasteiger partial charge in [0.1, 0.15) is 17.6 Å². The zero-order valence-electron chi connectivity index (χ0n) is 19.2. The van der Waals surface area contributed by atoms with Gasteiger partial charge >= 0.3 is 0 Å².